The molecule has 3 heterocycles. The summed E-state index contributed by atoms with van der Waals surface area (Å²) in [6.07, 6.45) is 8.25. The number of carbonyl (C=O) groups excluding carboxylic acids is 1. The topological polar surface area (TPSA) is 51.3 Å². The van der Waals surface area contributed by atoms with Crippen LogP contribution in [0, 0.1) is 6.92 Å². The van der Waals surface area contributed by atoms with E-state index < -0.39 is 0 Å². The summed E-state index contributed by atoms with van der Waals surface area (Å²) >= 11 is 0. The van der Waals surface area contributed by atoms with Crippen LogP contribution in [0.1, 0.15) is 45.9 Å². The lowest BCUT2D eigenvalue weighted by atomic mass is 10.1. The second-order valence-corrected chi connectivity index (χ2v) is 6.34. The number of aryl methyl sites for hydroxylation is 2. The fraction of sp³-hybridized carbons (Fsp3) is 0.333. The lowest BCUT2D eigenvalue weighted by Gasteiger charge is -2.07. The molecule has 0 spiro atoms. The number of nitrogens with zero attached hydrogens (tertiary/aromatic N) is 3. The van der Waals surface area contributed by atoms with E-state index in [0.29, 0.717) is 18.0 Å². The molecule has 1 aliphatic rings. The van der Waals surface area contributed by atoms with Gasteiger partial charge in [0.25, 0.3) is 5.91 Å². The fourth-order valence-corrected chi connectivity index (χ4v) is 3.11. The first kappa shape index (κ1) is 14.1. The van der Waals surface area contributed by atoms with E-state index in [1.165, 1.54) is 18.4 Å². The van der Waals surface area contributed by atoms with Gasteiger partial charge < -0.3 is 9.72 Å². The molecule has 0 aliphatic heterocycles. The van der Waals surface area contributed by atoms with Gasteiger partial charge >= 0.3 is 0 Å². The molecule has 5 heteroatoms. The highest BCUT2D eigenvalue weighted by atomic mass is 16.1. The van der Waals surface area contributed by atoms with Crippen LogP contribution in [0.2, 0.25) is 0 Å². The lowest BCUT2D eigenvalue weighted by Crippen LogP contribution is -2.24. The minimum absolute atomic E-state index is 0.0453. The Balaban J connectivity index is 1.53. The SMILES string of the molecule is Cc1cccn2cc(C(=O)NCc3c(C4CC4)cnn3C)cc12. The Bertz CT molecular complexity index is 886. The standard InChI is InChI=1S/C18H20N4O/c1-12-4-3-7-22-11-14(8-16(12)22)18(23)19-10-17-15(13-5-6-13)9-20-21(17)2/h3-4,7-9,11,13H,5-6,10H2,1-2H3,(H,19,23). The van der Waals surface area contributed by atoms with Gasteiger partial charge in [-0.3, -0.25) is 9.48 Å². The smallest absolute Gasteiger partial charge is 0.253 e. The highest BCUT2D eigenvalue weighted by Gasteiger charge is 2.28. The van der Waals surface area contributed by atoms with E-state index in [2.05, 4.69) is 23.4 Å². The second-order valence-electron chi connectivity index (χ2n) is 6.34. The molecular weight excluding hydrogens is 288 g/mol. The highest BCUT2D eigenvalue weighted by molar-refractivity contribution is 5.95. The Kier molecular flexibility index (Phi) is 3.22. The van der Waals surface area contributed by atoms with E-state index in [-0.39, 0.29) is 5.91 Å². The summed E-state index contributed by atoms with van der Waals surface area (Å²) in [6, 6.07) is 5.98. The van der Waals surface area contributed by atoms with Crippen molar-refractivity contribution in [2.24, 2.45) is 7.05 Å². The Hall–Kier alpha value is -2.56. The van der Waals surface area contributed by atoms with E-state index >= 15 is 0 Å². The van der Waals surface area contributed by atoms with Crippen molar-refractivity contribution in [2.75, 3.05) is 0 Å². The van der Waals surface area contributed by atoms with Crippen LogP contribution in [-0.2, 0) is 13.6 Å². The van der Waals surface area contributed by atoms with Gasteiger partial charge in [0.05, 0.1) is 24.0 Å². The first-order valence-electron chi connectivity index (χ1n) is 8.00. The predicted molar refractivity (Wildman–Crippen MR) is 88.5 cm³/mol. The number of carbonyl (C=O) groups is 1. The van der Waals surface area contributed by atoms with Crippen LogP contribution < -0.4 is 5.32 Å². The predicted octanol–water partition coefficient (Wildman–Crippen LogP) is 2.79. The summed E-state index contributed by atoms with van der Waals surface area (Å²) in [4.78, 5) is 12.5. The average Bonchev–Trinajstić information content (AvgIpc) is 3.17. The molecule has 1 aliphatic carbocycles. The Labute approximate surface area is 134 Å². The van der Waals surface area contributed by atoms with Crippen molar-refractivity contribution in [3.63, 3.8) is 0 Å². The molecule has 1 fully saturated rings. The molecule has 1 saturated carbocycles. The van der Waals surface area contributed by atoms with E-state index in [1.807, 2.05) is 46.9 Å². The van der Waals surface area contributed by atoms with Crippen molar-refractivity contribution in [1.82, 2.24) is 19.5 Å². The van der Waals surface area contributed by atoms with Crippen LogP contribution in [-0.4, -0.2) is 20.1 Å². The van der Waals surface area contributed by atoms with Crippen LogP contribution in [0.25, 0.3) is 5.52 Å². The van der Waals surface area contributed by atoms with Crippen molar-refractivity contribution in [3.8, 4) is 0 Å². The maximum absolute atomic E-state index is 12.5. The molecular formula is C18H20N4O. The van der Waals surface area contributed by atoms with E-state index in [0.717, 1.165) is 16.8 Å². The van der Waals surface area contributed by atoms with Gasteiger partial charge in [-0.1, -0.05) is 6.07 Å². The maximum Gasteiger partial charge on any atom is 0.253 e. The van der Waals surface area contributed by atoms with Crippen LogP contribution in [0.5, 0.6) is 0 Å². The summed E-state index contributed by atoms with van der Waals surface area (Å²) in [6.45, 7) is 2.57. The molecule has 0 saturated heterocycles. The van der Waals surface area contributed by atoms with Gasteiger partial charge in [0.2, 0.25) is 0 Å². The van der Waals surface area contributed by atoms with Crippen molar-refractivity contribution in [1.29, 1.82) is 0 Å². The Morgan fingerprint density at radius 3 is 3.00 bits per heavy atom. The number of fused-ring (bicyclic) bond motifs is 1. The molecule has 3 aromatic heterocycles. The number of hydrogen-bond donors (Lipinski definition) is 1. The molecule has 0 unspecified atom stereocenters. The number of nitrogens with one attached hydrogen (secondary N) is 1. The summed E-state index contributed by atoms with van der Waals surface area (Å²) < 4.78 is 3.86. The second kappa shape index (κ2) is 5.26. The Morgan fingerprint density at radius 1 is 1.43 bits per heavy atom. The minimum Gasteiger partial charge on any atom is -0.346 e. The zero-order valence-electron chi connectivity index (χ0n) is 13.4. The number of rotatable bonds is 4. The number of pyridine rings is 1. The molecule has 118 valence electrons. The van der Waals surface area contributed by atoms with Crippen molar-refractivity contribution >= 4 is 11.4 Å². The molecule has 0 atom stereocenters. The van der Waals surface area contributed by atoms with Crippen LogP contribution in [0.4, 0.5) is 0 Å². The number of aromatic nitrogens is 3. The summed E-state index contributed by atoms with van der Waals surface area (Å²) in [5.41, 5.74) is 5.31. The van der Waals surface area contributed by atoms with Crippen LogP contribution >= 0.6 is 0 Å². The summed E-state index contributed by atoms with van der Waals surface area (Å²) in [7, 11) is 1.93. The molecule has 1 amide bonds. The normalized spacial score (nSPS) is 14.3. The quantitative estimate of drug-likeness (QED) is 0.806. The third kappa shape index (κ3) is 2.52. The summed E-state index contributed by atoms with van der Waals surface area (Å²) in [5, 5.41) is 7.37. The number of hydrogen-bond acceptors (Lipinski definition) is 2. The van der Waals surface area contributed by atoms with Gasteiger partial charge in [-0.05, 0) is 48.9 Å². The fourth-order valence-electron chi connectivity index (χ4n) is 3.11. The molecule has 4 rings (SSSR count). The van der Waals surface area contributed by atoms with Crippen molar-refractivity contribution in [3.05, 3.63) is 59.2 Å². The van der Waals surface area contributed by atoms with E-state index in [4.69, 9.17) is 0 Å². The molecule has 3 aromatic rings. The molecule has 0 radical (unpaired) electrons. The van der Waals surface area contributed by atoms with Gasteiger partial charge in [-0.15, -0.1) is 0 Å². The molecule has 0 bridgehead atoms. The monoisotopic (exact) mass is 308 g/mol. The first-order valence-corrected chi connectivity index (χ1v) is 8.00. The molecule has 1 N–H and O–H groups in total. The van der Waals surface area contributed by atoms with E-state index in [9.17, 15) is 4.79 Å². The van der Waals surface area contributed by atoms with E-state index in [1.54, 1.807) is 0 Å². The number of amides is 1. The molecule has 0 aromatic carbocycles. The highest BCUT2D eigenvalue weighted by Crippen LogP contribution is 2.41. The largest absolute Gasteiger partial charge is 0.346 e. The van der Waals surface area contributed by atoms with Crippen molar-refractivity contribution < 1.29 is 4.79 Å². The average molecular weight is 308 g/mol. The Morgan fingerprint density at radius 2 is 2.26 bits per heavy atom. The summed E-state index contributed by atoms with van der Waals surface area (Å²) in [5.74, 6) is 0.589. The van der Waals surface area contributed by atoms with Gasteiger partial charge in [0.15, 0.2) is 0 Å². The third-order valence-corrected chi connectivity index (χ3v) is 4.64. The van der Waals surface area contributed by atoms with Gasteiger partial charge in [-0.2, -0.15) is 5.10 Å². The minimum atomic E-state index is -0.0453. The lowest BCUT2D eigenvalue weighted by molar-refractivity contribution is 0.0950. The third-order valence-electron chi connectivity index (χ3n) is 4.64. The zero-order chi connectivity index (χ0) is 16.0. The molecule has 23 heavy (non-hydrogen) atoms. The van der Waals surface area contributed by atoms with Gasteiger partial charge in [-0.25, -0.2) is 0 Å². The molecule has 5 nitrogen and oxygen atoms in total. The zero-order valence-corrected chi connectivity index (χ0v) is 13.4. The van der Waals surface area contributed by atoms with Crippen LogP contribution in [0.15, 0.2) is 36.8 Å². The van der Waals surface area contributed by atoms with Gasteiger partial charge in [0.1, 0.15) is 0 Å². The van der Waals surface area contributed by atoms with Gasteiger partial charge in [0, 0.05) is 25.0 Å². The first-order chi connectivity index (χ1) is 11.1. The van der Waals surface area contributed by atoms with Crippen LogP contribution in [0.3, 0.4) is 0 Å². The maximum atomic E-state index is 12.5. The van der Waals surface area contributed by atoms with Crippen molar-refractivity contribution in [2.45, 2.75) is 32.2 Å².